The summed E-state index contributed by atoms with van der Waals surface area (Å²) >= 11 is 0. The predicted molar refractivity (Wildman–Crippen MR) is 328 cm³/mol. The van der Waals surface area contributed by atoms with Crippen molar-refractivity contribution in [1.29, 1.82) is 0 Å². The molecule has 0 spiro atoms. The number of hydrogen-bond donors (Lipinski definition) is 0. The van der Waals surface area contributed by atoms with Gasteiger partial charge in [-0.05, 0) is 198 Å². The molecule has 3 fully saturated rings. The summed E-state index contributed by atoms with van der Waals surface area (Å²) in [4.78, 5) is 0. The van der Waals surface area contributed by atoms with Gasteiger partial charge < -0.3 is 13.9 Å². The molecule has 1 aromatic heterocycles. The number of para-hydroxylation sites is 2. The van der Waals surface area contributed by atoms with Crippen molar-refractivity contribution in [3.05, 3.63) is 208 Å². The zero-order valence-corrected chi connectivity index (χ0v) is 42.7. The van der Waals surface area contributed by atoms with E-state index in [0.29, 0.717) is 11.3 Å². The van der Waals surface area contributed by atoms with Crippen LogP contribution in [0, 0.1) is 5.92 Å². The Labute approximate surface area is 517 Å². The second-order valence-electron chi connectivity index (χ2n) is 22.6. The van der Waals surface area contributed by atoms with Crippen LogP contribution in [0.4, 0.5) is 11.4 Å². The molecule has 3 nitrogen and oxygen atoms in total. The highest BCUT2D eigenvalue weighted by atomic mass is 16.5. The lowest BCUT2D eigenvalue weighted by Crippen LogP contribution is -2.55. The van der Waals surface area contributed by atoms with Gasteiger partial charge in [-0.2, -0.15) is 0 Å². The van der Waals surface area contributed by atoms with E-state index in [4.69, 9.17) is 21.2 Å². The van der Waals surface area contributed by atoms with Crippen LogP contribution in [0.3, 0.4) is 0 Å². The largest absolute Gasteiger partial charge is 0.457 e. The molecule has 392 valence electrons. The average Bonchev–Trinajstić information content (AvgIpc) is 0.708. The Morgan fingerprint density at radius 1 is 0.590 bits per heavy atom. The van der Waals surface area contributed by atoms with E-state index in [1.54, 1.807) is 42.5 Å². The first-order valence-electron chi connectivity index (χ1n) is 44.8. The van der Waals surface area contributed by atoms with Gasteiger partial charge in [0.05, 0.1) is 19.3 Å². The smallest absolute Gasteiger partial charge is 0.129 e. The van der Waals surface area contributed by atoms with E-state index in [2.05, 4.69) is 37.6 Å². The number of benzene rings is 8. The molecule has 6 aliphatic rings. The van der Waals surface area contributed by atoms with Crippen LogP contribution in [0.15, 0.2) is 164 Å². The fourth-order valence-corrected chi connectivity index (χ4v) is 12.2. The molecule has 1 unspecified atom stereocenters. The minimum atomic E-state index is -4.84. The summed E-state index contributed by atoms with van der Waals surface area (Å²) in [6.07, 6.45) is -15.1. The molecule has 15 rings (SSSR count). The summed E-state index contributed by atoms with van der Waals surface area (Å²) in [5.74, 6) is -0.751. The summed E-state index contributed by atoms with van der Waals surface area (Å²) in [5, 5.41) is 1.82. The van der Waals surface area contributed by atoms with Crippen molar-refractivity contribution in [2.75, 3.05) is 0 Å². The Kier molecular flexibility index (Phi) is 5.10. The zero-order chi connectivity index (χ0) is 86.3. The summed E-state index contributed by atoms with van der Waals surface area (Å²) in [5.41, 5.74) is -28.1. The van der Waals surface area contributed by atoms with E-state index < -0.39 is 200 Å². The van der Waals surface area contributed by atoms with E-state index in [1.807, 2.05) is 54.6 Å². The molecule has 78 heavy (non-hydrogen) atoms. The maximum Gasteiger partial charge on any atom is 0.129 e. The normalized spacial score (nSPS) is 33.0. The Bertz CT molecular complexity index is 5410. The summed E-state index contributed by atoms with van der Waals surface area (Å²) in [7, 11) is 0. The van der Waals surface area contributed by atoms with Crippen molar-refractivity contribution in [2.45, 2.75) is 159 Å². The van der Waals surface area contributed by atoms with E-state index in [0.717, 1.165) is 37.6 Å². The van der Waals surface area contributed by atoms with Gasteiger partial charge in [-0.1, -0.05) is 185 Å². The van der Waals surface area contributed by atoms with Gasteiger partial charge in [-0.3, -0.25) is 0 Å². The van der Waals surface area contributed by atoms with Crippen molar-refractivity contribution in [3.63, 3.8) is 0 Å². The van der Waals surface area contributed by atoms with Gasteiger partial charge in [0.2, 0.25) is 0 Å². The molecule has 5 aliphatic carbocycles. The Hall–Kier alpha value is -6.97. The monoisotopic (exact) mass is 1060 g/mol. The first-order valence-corrected chi connectivity index (χ1v) is 25.8. The first kappa shape index (κ1) is 23.4. The minimum Gasteiger partial charge on any atom is -0.457 e. The molecule has 3 heteroatoms. The van der Waals surface area contributed by atoms with Crippen LogP contribution < -0.4 is 9.31 Å². The van der Waals surface area contributed by atoms with Crippen molar-refractivity contribution >= 4 is 39.4 Å². The second kappa shape index (κ2) is 17.0. The van der Waals surface area contributed by atoms with Gasteiger partial charge in [0.25, 0.3) is 0 Å². The van der Waals surface area contributed by atoms with Crippen LogP contribution >= 0.6 is 0 Å². The topological polar surface area (TPSA) is 17.2 Å². The molecule has 2 bridgehead atoms. The molecule has 9 aromatic rings. The Morgan fingerprint density at radius 2 is 1.18 bits per heavy atom. The molecular weight excluding hydrogens is 945 g/mol. The molecule has 0 N–H and O–H groups in total. The number of aromatic nitrogens is 1. The molecule has 3 saturated carbocycles. The lowest BCUT2D eigenvalue weighted by molar-refractivity contribution is -0.0273. The van der Waals surface area contributed by atoms with Crippen LogP contribution in [0.5, 0.6) is 11.5 Å². The van der Waals surface area contributed by atoms with E-state index >= 15 is 0 Å². The Balaban J connectivity index is 1.15. The highest BCUT2D eigenvalue weighted by molar-refractivity contribution is 6.09. The van der Waals surface area contributed by atoms with E-state index in [-0.39, 0.29) is 53.2 Å². The molecule has 0 radical (unpaired) electrons. The van der Waals surface area contributed by atoms with Crippen molar-refractivity contribution < 1.29 is 56.8 Å². The van der Waals surface area contributed by atoms with Crippen LogP contribution in [-0.2, 0) is 32.5 Å². The average molecular weight is 1060 g/mol. The highest BCUT2D eigenvalue weighted by Gasteiger charge is 2.57. The summed E-state index contributed by atoms with van der Waals surface area (Å²) in [6, 6.07) is 26.4. The lowest BCUT2D eigenvalue weighted by atomic mass is 9.42. The number of fused-ring (bicyclic) bond motifs is 6. The third-order valence-electron chi connectivity index (χ3n) is 16.3. The third kappa shape index (κ3) is 7.75. The number of nitrogens with zero attached hydrogens (tertiary/aromatic N) is 2. The van der Waals surface area contributed by atoms with Gasteiger partial charge in [0.1, 0.15) is 29.1 Å². The van der Waals surface area contributed by atoms with Gasteiger partial charge in [-0.25, -0.2) is 0 Å². The minimum absolute atomic E-state index is 0.0153. The van der Waals surface area contributed by atoms with Crippen LogP contribution in [0.25, 0.3) is 49.7 Å². The van der Waals surface area contributed by atoms with E-state index in [1.165, 1.54) is 24.3 Å². The van der Waals surface area contributed by atoms with Crippen LogP contribution in [0.1, 0.15) is 223 Å². The summed E-state index contributed by atoms with van der Waals surface area (Å²) in [6.45, 7) is -30.0. The van der Waals surface area contributed by atoms with Crippen LogP contribution in [-0.4, -0.2) is 10.8 Å². The maximum atomic E-state index is 10.7. The summed E-state index contributed by atoms with van der Waals surface area (Å²) < 4.78 is 368. The van der Waals surface area contributed by atoms with Gasteiger partial charge >= 0.3 is 0 Å². The molecule has 0 amide bonds. The zero-order valence-electron chi connectivity index (χ0n) is 80.7. The number of rotatable bonds is 8. The molecule has 2 heterocycles. The molecular formula is C75H76N2O. The molecule has 8 aromatic carbocycles. The third-order valence-corrected chi connectivity index (χ3v) is 16.3. The number of hydrogen-bond acceptors (Lipinski definition) is 1. The molecule has 1 aliphatic heterocycles. The van der Waals surface area contributed by atoms with Crippen LogP contribution in [0.2, 0.25) is 0 Å². The lowest BCUT2D eigenvalue weighted by Gasteiger charge is -2.62. The van der Waals surface area contributed by atoms with Crippen molar-refractivity contribution in [3.8, 4) is 39.4 Å². The van der Waals surface area contributed by atoms with Crippen molar-refractivity contribution in [1.82, 2.24) is 9.14 Å². The first-order chi connectivity index (χ1) is 52.8. The fourth-order valence-electron chi connectivity index (χ4n) is 12.2. The quantitative estimate of drug-likeness (QED) is 0.109. The van der Waals surface area contributed by atoms with E-state index in [9.17, 15) is 35.6 Å². The van der Waals surface area contributed by atoms with Gasteiger partial charge in [0.15, 0.2) is 0 Å². The second-order valence-corrected chi connectivity index (χ2v) is 22.6. The predicted octanol–water partition coefficient (Wildman–Crippen LogP) is 19.9. The van der Waals surface area contributed by atoms with Crippen molar-refractivity contribution in [2.24, 2.45) is 5.92 Å². The molecule has 1 atom stereocenters. The molecule has 0 saturated heterocycles. The fraction of sp³-hybridized carbons (Fsp3) is 0.347. The maximum absolute atomic E-state index is 10.7. The Morgan fingerprint density at radius 3 is 1.81 bits per heavy atom. The SMILES string of the molecule is [2H]c1c([2H])c2c(c([2H])c1-c1cc(C34CC(C3)C4)cc(-c3c([2H])c([2H])c4c(c3[2H])C(C([2H])([2H])[2H])(C([2H])([2H])[2H])C([2H])([2H])C([2H])([2H])C4(C([2H])([2H])[2H])C([2H])([2H])[2H])c1[N+]1=[C-]C(c3cccc(Oc4ccc5c6ccccc6n(-c6cccc(C(C)(C)C)c6)c5c4)c3)c3ccccc31)C(C([2H])([2H])[2H])(C([2H])([2H])[2H])C([2H])([2H])C([2H])([2H])C2(C([2H])([2H])[2H])C([2H])([2H])[2H]. The highest BCUT2D eigenvalue weighted by Crippen LogP contribution is 2.66. The van der Waals surface area contributed by atoms with Gasteiger partial charge in [-0.15, -0.1) is 0 Å². The number of ether oxygens (including phenoxy) is 1. The van der Waals surface area contributed by atoms with Gasteiger partial charge in [0, 0.05) is 72.3 Å². The standard InChI is InChI=1S/C75H76N2O/c1-70(2,3)51-19-17-20-53(39-51)77-67-25-15-13-22-56(67)58-29-28-55(42-68(58)77)78-54-21-16-18-48(36-54)61-46-76(66-24-14-12-23-57(61)66)69-59(49-26-30-62-64(37-49)73(8,9)34-32-71(62,4)5)40-52(75-43-47(44-75)45-75)41-60(69)50-27-31-63-65(38-50)74(10,11)35-33-72(63,6)7/h12-31,36-42,47,61H,32-35,43-45H2,1-11H3/i4D3,5D3,6D3,7D3,8D3,9D3,10D3,11D3,26D,27D,30D,31D,32D2,33D2,34D2,35D2,37D,38D.